The molecule has 110 valence electrons. The number of nitriles is 1. The van der Waals surface area contributed by atoms with Gasteiger partial charge in [-0.25, -0.2) is 0 Å². The van der Waals surface area contributed by atoms with Crippen LogP contribution in [0, 0.1) is 46.8 Å². The van der Waals surface area contributed by atoms with Crippen molar-refractivity contribution in [3.63, 3.8) is 0 Å². The summed E-state index contributed by atoms with van der Waals surface area (Å²) in [6.45, 7) is 4.04. The fourth-order valence-electron chi connectivity index (χ4n) is 5.38. The molecule has 3 nitrogen and oxygen atoms in total. The fourth-order valence-corrected chi connectivity index (χ4v) is 5.38. The Kier molecular flexibility index (Phi) is 3.52. The average molecular weight is 274 g/mol. The molecule has 0 aromatic heterocycles. The van der Waals surface area contributed by atoms with Crippen LogP contribution >= 0.6 is 0 Å². The molecule has 0 aliphatic heterocycles. The number of rotatable bonds is 3. The number of hydrogen-bond donors (Lipinski definition) is 0. The first kappa shape index (κ1) is 13.9. The van der Waals surface area contributed by atoms with E-state index in [1.165, 1.54) is 32.1 Å². The van der Waals surface area contributed by atoms with Crippen LogP contribution in [-0.2, 0) is 4.79 Å². The van der Waals surface area contributed by atoms with E-state index in [-0.39, 0.29) is 23.8 Å². The van der Waals surface area contributed by atoms with E-state index < -0.39 is 0 Å². The summed E-state index contributed by atoms with van der Waals surface area (Å²) in [7, 11) is 1.83. The number of carbonyl (C=O) groups excluding carboxylic acids is 1. The van der Waals surface area contributed by atoms with Gasteiger partial charge in [-0.2, -0.15) is 5.26 Å². The van der Waals surface area contributed by atoms with Gasteiger partial charge in [0.25, 0.3) is 0 Å². The van der Waals surface area contributed by atoms with Crippen LogP contribution < -0.4 is 0 Å². The largest absolute Gasteiger partial charge is 0.329 e. The zero-order valence-corrected chi connectivity index (χ0v) is 12.9. The van der Waals surface area contributed by atoms with Gasteiger partial charge in [0, 0.05) is 13.0 Å². The van der Waals surface area contributed by atoms with Crippen molar-refractivity contribution in [2.45, 2.75) is 52.0 Å². The zero-order valence-electron chi connectivity index (χ0n) is 12.9. The third-order valence-electron chi connectivity index (χ3n) is 6.04. The van der Waals surface area contributed by atoms with Crippen molar-refractivity contribution in [1.29, 1.82) is 5.26 Å². The standard InChI is InChI=1S/C17H26N2O/c1-10(2)15(9-18)19(3)17(20)16-13-5-11-4-12(7-13)8-14(16)6-11/h10-16H,4-8H2,1-3H3. The minimum Gasteiger partial charge on any atom is -0.329 e. The van der Waals surface area contributed by atoms with Gasteiger partial charge in [-0.1, -0.05) is 13.8 Å². The van der Waals surface area contributed by atoms with Crippen molar-refractivity contribution in [2.75, 3.05) is 7.05 Å². The first-order chi connectivity index (χ1) is 9.51. The Bertz CT molecular complexity index is 409. The van der Waals surface area contributed by atoms with Crippen LogP contribution in [0.2, 0.25) is 0 Å². The second-order valence-corrected chi connectivity index (χ2v) is 7.72. The molecule has 4 aliphatic carbocycles. The molecule has 0 radical (unpaired) electrons. The van der Waals surface area contributed by atoms with Crippen LogP contribution in [0.1, 0.15) is 46.0 Å². The van der Waals surface area contributed by atoms with E-state index in [0.29, 0.717) is 11.8 Å². The topological polar surface area (TPSA) is 44.1 Å². The van der Waals surface area contributed by atoms with Crippen LogP contribution in [0.3, 0.4) is 0 Å². The van der Waals surface area contributed by atoms with E-state index in [1.807, 2.05) is 20.9 Å². The second-order valence-electron chi connectivity index (χ2n) is 7.72. The van der Waals surface area contributed by atoms with E-state index in [2.05, 4.69) is 6.07 Å². The maximum atomic E-state index is 12.9. The molecule has 4 rings (SSSR count). The van der Waals surface area contributed by atoms with Crippen molar-refractivity contribution >= 4 is 5.91 Å². The van der Waals surface area contributed by atoms with Crippen molar-refractivity contribution in [2.24, 2.45) is 35.5 Å². The highest BCUT2D eigenvalue weighted by Gasteiger charge is 2.51. The molecule has 4 aliphatic rings. The monoisotopic (exact) mass is 274 g/mol. The molecule has 0 saturated heterocycles. The number of carbonyl (C=O) groups is 1. The van der Waals surface area contributed by atoms with Crippen molar-refractivity contribution in [1.82, 2.24) is 4.90 Å². The summed E-state index contributed by atoms with van der Waals surface area (Å²) < 4.78 is 0. The molecule has 4 saturated carbocycles. The molecule has 1 atom stereocenters. The summed E-state index contributed by atoms with van der Waals surface area (Å²) in [5, 5.41) is 9.32. The van der Waals surface area contributed by atoms with Crippen molar-refractivity contribution in [3.05, 3.63) is 0 Å². The van der Waals surface area contributed by atoms with E-state index in [0.717, 1.165) is 11.8 Å². The highest BCUT2D eigenvalue weighted by atomic mass is 16.2. The van der Waals surface area contributed by atoms with Gasteiger partial charge in [0.15, 0.2) is 0 Å². The Labute approximate surface area is 122 Å². The van der Waals surface area contributed by atoms with Gasteiger partial charge in [0.2, 0.25) is 5.91 Å². The number of nitrogens with zero attached hydrogens (tertiary/aromatic N) is 2. The maximum absolute atomic E-state index is 12.9. The molecule has 20 heavy (non-hydrogen) atoms. The molecule has 3 heteroatoms. The molecule has 1 amide bonds. The van der Waals surface area contributed by atoms with Crippen molar-refractivity contribution < 1.29 is 4.79 Å². The van der Waals surface area contributed by atoms with E-state index in [1.54, 1.807) is 4.90 Å². The molecule has 0 aromatic rings. The molecule has 1 unspecified atom stereocenters. The Balaban J connectivity index is 1.76. The molecule has 0 spiro atoms. The summed E-state index contributed by atoms with van der Waals surface area (Å²) in [5.41, 5.74) is 0. The lowest BCUT2D eigenvalue weighted by molar-refractivity contribution is -0.149. The third-order valence-corrected chi connectivity index (χ3v) is 6.04. The predicted octanol–water partition coefficient (Wildman–Crippen LogP) is 3.07. The van der Waals surface area contributed by atoms with Crippen LogP contribution in [-0.4, -0.2) is 23.9 Å². The molecule has 4 bridgehead atoms. The van der Waals surface area contributed by atoms with Crippen molar-refractivity contribution in [3.8, 4) is 6.07 Å². The lowest BCUT2D eigenvalue weighted by Crippen LogP contribution is -2.53. The van der Waals surface area contributed by atoms with Gasteiger partial charge < -0.3 is 4.90 Å². The molecule has 0 heterocycles. The SMILES string of the molecule is CC(C)C(C#N)N(C)C(=O)C1C2CC3CC(C2)CC1C3. The zero-order chi connectivity index (χ0) is 14.4. The van der Waals surface area contributed by atoms with E-state index in [9.17, 15) is 10.1 Å². The van der Waals surface area contributed by atoms with Gasteiger partial charge >= 0.3 is 0 Å². The Morgan fingerprint density at radius 2 is 1.60 bits per heavy atom. The van der Waals surface area contributed by atoms with Crippen LogP contribution in [0.4, 0.5) is 0 Å². The quantitative estimate of drug-likeness (QED) is 0.794. The summed E-state index contributed by atoms with van der Waals surface area (Å²) in [6.07, 6.45) is 6.45. The van der Waals surface area contributed by atoms with Crippen LogP contribution in [0.25, 0.3) is 0 Å². The van der Waals surface area contributed by atoms with Gasteiger partial charge in [0.1, 0.15) is 6.04 Å². The minimum absolute atomic E-state index is 0.200. The summed E-state index contributed by atoms with van der Waals surface area (Å²) >= 11 is 0. The molecule has 4 fully saturated rings. The molecular formula is C17H26N2O. The third kappa shape index (κ3) is 2.14. The van der Waals surface area contributed by atoms with Gasteiger partial charge in [-0.3, -0.25) is 4.79 Å². The summed E-state index contributed by atoms with van der Waals surface area (Å²) in [6, 6.07) is 2.03. The van der Waals surface area contributed by atoms with Crippen LogP contribution in [0.15, 0.2) is 0 Å². The Morgan fingerprint density at radius 3 is 2.00 bits per heavy atom. The minimum atomic E-state index is -0.278. The Hall–Kier alpha value is -1.04. The molecular weight excluding hydrogens is 248 g/mol. The molecule has 0 aromatic carbocycles. The number of hydrogen-bond acceptors (Lipinski definition) is 2. The molecule has 0 N–H and O–H groups in total. The maximum Gasteiger partial charge on any atom is 0.227 e. The number of amides is 1. The Morgan fingerprint density at radius 1 is 1.10 bits per heavy atom. The summed E-state index contributed by atoms with van der Waals surface area (Å²) in [5.74, 6) is 3.65. The second kappa shape index (κ2) is 5.06. The smallest absolute Gasteiger partial charge is 0.227 e. The first-order valence-electron chi connectivity index (χ1n) is 8.17. The lowest BCUT2D eigenvalue weighted by Gasteiger charge is -2.54. The van der Waals surface area contributed by atoms with Gasteiger partial charge in [0.05, 0.1) is 6.07 Å². The van der Waals surface area contributed by atoms with E-state index in [4.69, 9.17) is 0 Å². The van der Waals surface area contributed by atoms with Gasteiger partial charge in [-0.15, -0.1) is 0 Å². The highest BCUT2D eigenvalue weighted by Crippen LogP contribution is 2.56. The van der Waals surface area contributed by atoms with Gasteiger partial charge in [-0.05, 0) is 61.7 Å². The summed E-state index contributed by atoms with van der Waals surface area (Å²) in [4.78, 5) is 14.7. The van der Waals surface area contributed by atoms with E-state index >= 15 is 0 Å². The average Bonchev–Trinajstić information content (AvgIpc) is 2.37. The lowest BCUT2D eigenvalue weighted by atomic mass is 9.51. The first-order valence-corrected chi connectivity index (χ1v) is 8.17. The van der Waals surface area contributed by atoms with Crippen LogP contribution in [0.5, 0.6) is 0 Å². The fraction of sp³-hybridized carbons (Fsp3) is 0.882. The normalized spacial score (nSPS) is 39.6. The highest BCUT2D eigenvalue weighted by molar-refractivity contribution is 5.80. The predicted molar refractivity (Wildman–Crippen MR) is 77.5 cm³/mol.